The third-order valence-electron chi connectivity index (χ3n) is 1.16. The Morgan fingerprint density at radius 3 is 3.09 bits per heavy atom. The molecule has 1 aromatic heterocycles. The zero-order valence-electron chi connectivity index (χ0n) is 6.41. The van der Waals surface area contributed by atoms with Crippen LogP contribution in [0.15, 0.2) is 10.6 Å². The Bertz CT molecular complexity index is 209. The number of aliphatic hydroxyl groups excluding tert-OH is 1. The van der Waals surface area contributed by atoms with E-state index in [0.29, 0.717) is 13.2 Å². The lowest BCUT2D eigenvalue weighted by atomic mass is 10.4. The Kier molecular flexibility index (Phi) is 3.07. The number of aromatic nitrogens is 1. The summed E-state index contributed by atoms with van der Waals surface area (Å²) in [6.45, 7) is 2.60. The average molecular weight is 157 g/mol. The first-order chi connectivity index (χ1) is 5.33. The summed E-state index contributed by atoms with van der Waals surface area (Å²) in [5.74, 6) is 0.771. The first-order valence-corrected chi connectivity index (χ1v) is 3.43. The Balaban J connectivity index is 2.27. The highest BCUT2D eigenvalue weighted by molar-refractivity contribution is 5.01. The first-order valence-electron chi connectivity index (χ1n) is 3.43. The van der Waals surface area contributed by atoms with Crippen LogP contribution in [0.1, 0.15) is 11.5 Å². The van der Waals surface area contributed by atoms with Crippen molar-refractivity contribution < 1.29 is 14.4 Å². The van der Waals surface area contributed by atoms with Gasteiger partial charge in [-0.3, -0.25) is 0 Å². The molecule has 0 fully saturated rings. The molecule has 0 aromatic carbocycles. The van der Waals surface area contributed by atoms with Gasteiger partial charge in [0.1, 0.15) is 11.5 Å². The van der Waals surface area contributed by atoms with E-state index in [1.807, 2.05) is 6.92 Å². The Labute approximate surface area is 64.8 Å². The lowest BCUT2D eigenvalue weighted by Gasteiger charge is -1.95. The van der Waals surface area contributed by atoms with E-state index in [4.69, 9.17) is 14.4 Å². The van der Waals surface area contributed by atoms with Gasteiger partial charge in [0.05, 0.1) is 19.8 Å². The second kappa shape index (κ2) is 4.10. The Hall–Kier alpha value is -0.870. The van der Waals surface area contributed by atoms with Crippen LogP contribution in [0.3, 0.4) is 0 Å². The molecule has 4 nitrogen and oxygen atoms in total. The molecule has 4 heteroatoms. The standard InChI is InChI=1S/C7H11NO3/c1-6-4-7(8-11-6)5-10-3-2-9/h4,9H,2-3,5H2,1H3. The number of hydrogen-bond acceptors (Lipinski definition) is 4. The van der Waals surface area contributed by atoms with E-state index in [1.165, 1.54) is 0 Å². The minimum absolute atomic E-state index is 0.0385. The monoisotopic (exact) mass is 157 g/mol. The van der Waals surface area contributed by atoms with Crippen LogP contribution in [-0.4, -0.2) is 23.5 Å². The molecule has 0 aliphatic rings. The lowest BCUT2D eigenvalue weighted by Crippen LogP contribution is -1.98. The molecular formula is C7H11NO3. The molecule has 1 heterocycles. The number of ether oxygens (including phenoxy) is 1. The van der Waals surface area contributed by atoms with E-state index in [1.54, 1.807) is 6.07 Å². The molecule has 0 unspecified atom stereocenters. The fraction of sp³-hybridized carbons (Fsp3) is 0.571. The summed E-state index contributed by atoms with van der Waals surface area (Å²) in [5, 5.41) is 12.1. The summed E-state index contributed by atoms with van der Waals surface area (Å²) in [4.78, 5) is 0. The molecule has 0 aliphatic heterocycles. The van der Waals surface area contributed by atoms with Crippen molar-refractivity contribution in [2.45, 2.75) is 13.5 Å². The van der Waals surface area contributed by atoms with Crippen LogP contribution in [0.2, 0.25) is 0 Å². The summed E-state index contributed by atoms with van der Waals surface area (Å²) < 4.78 is 9.81. The van der Waals surface area contributed by atoms with Crippen molar-refractivity contribution in [3.8, 4) is 0 Å². The first kappa shape index (κ1) is 8.23. The lowest BCUT2D eigenvalue weighted by molar-refractivity contribution is 0.0781. The van der Waals surface area contributed by atoms with Gasteiger partial charge in [-0.25, -0.2) is 0 Å². The maximum atomic E-state index is 8.38. The highest BCUT2D eigenvalue weighted by Crippen LogP contribution is 2.02. The molecule has 1 N–H and O–H groups in total. The van der Waals surface area contributed by atoms with Gasteiger partial charge in [-0.15, -0.1) is 0 Å². The third kappa shape index (κ3) is 2.69. The minimum Gasteiger partial charge on any atom is -0.394 e. The molecule has 1 rings (SSSR count). The summed E-state index contributed by atoms with van der Waals surface area (Å²) in [5.41, 5.74) is 0.760. The fourth-order valence-corrected chi connectivity index (χ4v) is 0.727. The second-order valence-corrected chi connectivity index (χ2v) is 2.21. The Morgan fingerprint density at radius 1 is 1.73 bits per heavy atom. The van der Waals surface area contributed by atoms with Crippen molar-refractivity contribution in [2.24, 2.45) is 0 Å². The van der Waals surface area contributed by atoms with Gasteiger partial charge in [-0.2, -0.15) is 0 Å². The van der Waals surface area contributed by atoms with Crippen LogP contribution < -0.4 is 0 Å². The van der Waals surface area contributed by atoms with Crippen LogP contribution in [-0.2, 0) is 11.3 Å². The van der Waals surface area contributed by atoms with Gasteiger partial charge in [0.15, 0.2) is 0 Å². The van der Waals surface area contributed by atoms with Gasteiger partial charge in [-0.05, 0) is 6.92 Å². The quantitative estimate of drug-likeness (QED) is 0.646. The molecular weight excluding hydrogens is 146 g/mol. The van der Waals surface area contributed by atoms with E-state index in [-0.39, 0.29) is 6.61 Å². The fourth-order valence-electron chi connectivity index (χ4n) is 0.727. The third-order valence-corrected chi connectivity index (χ3v) is 1.16. The molecule has 0 aliphatic carbocycles. The average Bonchev–Trinajstić information content (AvgIpc) is 2.37. The van der Waals surface area contributed by atoms with Crippen LogP contribution in [0.5, 0.6) is 0 Å². The number of aryl methyl sites for hydroxylation is 1. The van der Waals surface area contributed by atoms with E-state index in [2.05, 4.69) is 5.16 Å². The molecule has 0 saturated carbocycles. The highest BCUT2D eigenvalue weighted by atomic mass is 16.5. The van der Waals surface area contributed by atoms with Crippen molar-refractivity contribution in [1.29, 1.82) is 0 Å². The maximum absolute atomic E-state index is 8.38. The zero-order chi connectivity index (χ0) is 8.10. The summed E-state index contributed by atoms with van der Waals surface area (Å²) in [6, 6.07) is 1.80. The van der Waals surface area contributed by atoms with E-state index in [0.717, 1.165) is 11.5 Å². The number of hydrogen-bond donors (Lipinski definition) is 1. The topological polar surface area (TPSA) is 55.5 Å². The van der Waals surface area contributed by atoms with Gasteiger partial charge in [0.2, 0.25) is 0 Å². The van der Waals surface area contributed by atoms with Crippen molar-refractivity contribution in [2.75, 3.05) is 13.2 Å². The van der Waals surface area contributed by atoms with Crippen molar-refractivity contribution >= 4 is 0 Å². The molecule has 0 saturated heterocycles. The van der Waals surface area contributed by atoms with E-state index in [9.17, 15) is 0 Å². The van der Waals surface area contributed by atoms with Crippen molar-refractivity contribution in [3.05, 3.63) is 17.5 Å². The van der Waals surface area contributed by atoms with Crippen LogP contribution in [0, 0.1) is 6.92 Å². The zero-order valence-corrected chi connectivity index (χ0v) is 6.41. The van der Waals surface area contributed by atoms with Crippen LogP contribution in [0.25, 0.3) is 0 Å². The molecule has 62 valence electrons. The van der Waals surface area contributed by atoms with Gasteiger partial charge in [-0.1, -0.05) is 5.16 Å². The second-order valence-electron chi connectivity index (χ2n) is 2.21. The number of rotatable bonds is 4. The van der Waals surface area contributed by atoms with E-state index < -0.39 is 0 Å². The van der Waals surface area contributed by atoms with Gasteiger partial charge < -0.3 is 14.4 Å². The highest BCUT2D eigenvalue weighted by Gasteiger charge is 1.98. The maximum Gasteiger partial charge on any atom is 0.134 e. The van der Waals surface area contributed by atoms with Crippen molar-refractivity contribution in [1.82, 2.24) is 5.16 Å². The van der Waals surface area contributed by atoms with Gasteiger partial charge in [0, 0.05) is 6.07 Å². The smallest absolute Gasteiger partial charge is 0.134 e. The molecule has 0 radical (unpaired) electrons. The molecule has 0 atom stereocenters. The summed E-state index contributed by atoms with van der Waals surface area (Å²) in [7, 11) is 0. The molecule has 0 spiro atoms. The minimum atomic E-state index is 0.0385. The number of aliphatic hydroxyl groups is 1. The van der Waals surface area contributed by atoms with E-state index >= 15 is 0 Å². The summed E-state index contributed by atoms with van der Waals surface area (Å²) in [6.07, 6.45) is 0. The van der Waals surface area contributed by atoms with Crippen molar-refractivity contribution in [3.63, 3.8) is 0 Å². The van der Waals surface area contributed by atoms with Crippen LogP contribution in [0.4, 0.5) is 0 Å². The SMILES string of the molecule is Cc1cc(COCCO)no1. The van der Waals surface area contributed by atoms with Gasteiger partial charge >= 0.3 is 0 Å². The molecule has 1 aromatic rings. The summed E-state index contributed by atoms with van der Waals surface area (Å²) >= 11 is 0. The van der Waals surface area contributed by atoms with Crippen LogP contribution >= 0.6 is 0 Å². The predicted molar refractivity (Wildman–Crippen MR) is 38.0 cm³/mol. The van der Waals surface area contributed by atoms with Gasteiger partial charge in [0.25, 0.3) is 0 Å². The largest absolute Gasteiger partial charge is 0.394 e. The predicted octanol–water partition coefficient (Wildman–Crippen LogP) is 0.492. The molecule has 0 bridgehead atoms. The normalized spacial score (nSPS) is 10.4. The Morgan fingerprint density at radius 2 is 2.55 bits per heavy atom. The molecule has 0 amide bonds. The number of nitrogens with zero attached hydrogens (tertiary/aromatic N) is 1. The molecule has 11 heavy (non-hydrogen) atoms.